The van der Waals surface area contributed by atoms with Crippen LogP contribution < -0.4 is 5.32 Å². The lowest BCUT2D eigenvalue weighted by molar-refractivity contribution is -0.143. The van der Waals surface area contributed by atoms with Crippen molar-refractivity contribution in [1.29, 1.82) is 0 Å². The summed E-state index contributed by atoms with van der Waals surface area (Å²) in [5.41, 5.74) is 0.434. The van der Waals surface area contributed by atoms with Crippen molar-refractivity contribution < 1.29 is 33.8 Å². The molecule has 1 atom stereocenters. The molecule has 1 aliphatic heterocycles. The van der Waals surface area contributed by atoms with Gasteiger partial charge in [0.1, 0.15) is 9.88 Å². The summed E-state index contributed by atoms with van der Waals surface area (Å²) < 4.78 is 9.42. The van der Waals surface area contributed by atoms with Gasteiger partial charge >= 0.3 is 23.9 Å². The van der Waals surface area contributed by atoms with E-state index in [2.05, 4.69) is 5.32 Å². The van der Waals surface area contributed by atoms with Gasteiger partial charge in [0.25, 0.3) is 0 Å². The minimum absolute atomic E-state index is 0.0815. The van der Waals surface area contributed by atoms with E-state index in [9.17, 15) is 19.2 Å². The van der Waals surface area contributed by atoms with Crippen molar-refractivity contribution in [2.24, 2.45) is 5.92 Å². The summed E-state index contributed by atoms with van der Waals surface area (Å²) in [5.74, 6) is -2.88. The summed E-state index contributed by atoms with van der Waals surface area (Å²) in [5, 5.41) is 11.9. The minimum atomic E-state index is -0.947. The molecule has 2 rings (SSSR count). The molecule has 2 amide bonds. The number of carboxylic acid groups (broad SMARTS) is 1. The second-order valence-corrected chi connectivity index (χ2v) is 6.82. The Hall–Kier alpha value is -2.62. The molecule has 142 valence electrons. The standard InChI is InChI=1S/C16H20N2O7S/c1-8-10(14(21)24-2)12(26-11(8)15(22)25-3)17-16(23)18-6-4-5-9(7-18)13(19)20/h9H,4-7H2,1-3H3,(H,17,23)(H,19,20). The normalized spacial score (nSPS) is 16.7. The summed E-state index contributed by atoms with van der Waals surface area (Å²) in [4.78, 5) is 49.2. The first-order valence-corrected chi connectivity index (χ1v) is 8.70. The highest BCUT2D eigenvalue weighted by Crippen LogP contribution is 2.34. The lowest BCUT2D eigenvalue weighted by atomic mass is 9.99. The number of carbonyl (C=O) groups excluding carboxylic acids is 3. The Bertz CT molecular complexity index is 743. The number of nitrogens with zero attached hydrogens (tertiary/aromatic N) is 1. The number of anilines is 1. The van der Waals surface area contributed by atoms with E-state index in [-0.39, 0.29) is 22.0 Å². The predicted octanol–water partition coefficient (Wildman–Crippen LogP) is 1.96. The van der Waals surface area contributed by atoms with Crippen LogP contribution in [-0.4, -0.2) is 61.3 Å². The van der Waals surface area contributed by atoms with Crippen molar-refractivity contribution in [3.8, 4) is 0 Å². The molecule has 10 heteroatoms. The quantitative estimate of drug-likeness (QED) is 0.761. The van der Waals surface area contributed by atoms with Crippen LogP contribution in [0.2, 0.25) is 0 Å². The minimum Gasteiger partial charge on any atom is -0.481 e. The number of nitrogens with one attached hydrogen (secondary N) is 1. The molecular weight excluding hydrogens is 364 g/mol. The monoisotopic (exact) mass is 384 g/mol. The molecule has 0 saturated carbocycles. The molecule has 1 saturated heterocycles. The van der Waals surface area contributed by atoms with Crippen molar-refractivity contribution in [2.75, 3.05) is 32.6 Å². The molecule has 0 spiro atoms. The number of piperidine rings is 1. The van der Waals surface area contributed by atoms with E-state index in [1.807, 2.05) is 0 Å². The Morgan fingerprint density at radius 3 is 2.42 bits per heavy atom. The Labute approximate surface area is 153 Å². The zero-order valence-corrected chi connectivity index (χ0v) is 15.5. The van der Waals surface area contributed by atoms with Crippen molar-refractivity contribution in [1.82, 2.24) is 4.90 Å². The number of methoxy groups -OCH3 is 2. The van der Waals surface area contributed by atoms with Crippen LogP contribution in [0.25, 0.3) is 0 Å². The van der Waals surface area contributed by atoms with Crippen LogP contribution in [-0.2, 0) is 14.3 Å². The number of hydrogen-bond donors (Lipinski definition) is 2. The van der Waals surface area contributed by atoms with Crippen LogP contribution in [0.15, 0.2) is 0 Å². The topological polar surface area (TPSA) is 122 Å². The molecule has 1 aliphatic rings. The van der Waals surface area contributed by atoms with Crippen molar-refractivity contribution in [3.05, 3.63) is 16.0 Å². The van der Waals surface area contributed by atoms with Crippen molar-refractivity contribution >= 4 is 40.3 Å². The molecule has 1 aromatic rings. The van der Waals surface area contributed by atoms with Gasteiger partial charge in [0.2, 0.25) is 0 Å². The summed E-state index contributed by atoms with van der Waals surface area (Å²) in [6, 6.07) is -0.529. The molecule has 1 fully saturated rings. The van der Waals surface area contributed by atoms with E-state index in [4.69, 9.17) is 14.6 Å². The summed E-state index contributed by atoms with van der Waals surface area (Å²) in [6.07, 6.45) is 1.09. The fourth-order valence-corrected chi connectivity index (χ4v) is 3.88. The molecule has 0 radical (unpaired) electrons. The maximum Gasteiger partial charge on any atom is 0.348 e. The summed E-state index contributed by atoms with van der Waals surface area (Å²) in [6.45, 7) is 2.06. The van der Waals surface area contributed by atoms with Crippen LogP contribution in [0.5, 0.6) is 0 Å². The van der Waals surface area contributed by atoms with E-state index in [0.717, 1.165) is 11.3 Å². The third-order valence-corrected chi connectivity index (χ3v) is 5.37. The van der Waals surface area contributed by atoms with Gasteiger partial charge in [-0.05, 0) is 25.3 Å². The molecule has 1 aromatic heterocycles. The fourth-order valence-electron chi connectivity index (χ4n) is 2.78. The highest BCUT2D eigenvalue weighted by Gasteiger charge is 2.31. The number of ether oxygens (including phenoxy) is 2. The molecule has 2 N–H and O–H groups in total. The van der Waals surface area contributed by atoms with Crippen molar-refractivity contribution in [2.45, 2.75) is 19.8 Å². The smallest absolute Gasteiger partial charge is 0.348 e. The Balaban J connectivity index is 2.27. The number of urea groups is 1. The fraction of sp³-hybridized carbons (Fsp3) is 0.500. The van der Waals surface area contributed by atoms with E-state index in [1.165, 1.54) is 19.1 Å². The van der Waals surface area contributed by atoms with Gasteiger partial charge in [-0.15, -0.1) is 11.3 Å². The predicted molar refractivity (Wildman–Crippen MR) is 92.7 cm³/mol. The van der Waals surface area contributed by atoms with Gasteiger partial charge in [-0.3, -0.25) is 10.1 Å². The SMILES string of the molecule is COC(=O)c1sc(NC(=O)N2CCCC(C(=O)O)C2)c(C(=O)OC)c1C. The van der Waals surface area contributed by atoms with Gasteiger partial charge in [0, 0.05) is 13.1 Å². The first-order chi connectivity index (χ1) is 12.3. The van der Waals surface area contributed by atoms with Gasteiger partial charge in [0.15, 0.2) is 0 Å². The Morgan fingerprint density at radius 2 is 1.85 bits per heavy atom. The second kappa shape index (κ2) is 8.17. The van der Waals surface area contributed by atoms with Gasteiger partial charge < -0.3 is 19.5 Å². The number of likely N-dealkylation sites (tertiary alicyclic amines) is 1. The van der Waals surface area contributed by atoms with Gasteiger partial charge in [-0.25, -0.2) is 14.4 Å². The average molecular weight is 384 g/mol. The molecule has 0 aromatic carbocycles. The maximum atomic E-state index is 12.5. The van der Waals surface area contributed by atoms with Gasteiger partial charge in [-0.2, -0.15) is 0 Å². The van der Waals surface area contributed by atoms with Crippen LogP contribution in [0.1, 0.15) is 38.4 Å². The lowest BCUT2D eigenvalue weighted by Gasteiger charge is -2.30. The van der Waals surface area contributed by atoms with E-state index in [1.54, 1.807) is 6.92 Å². The second-order valence-electron chi connectivity index (χ2n) is 5.80. The number of rotatable bonds is 4. The number of thiophene rings is 1. The van der Waals surface area contributed by atoms with Crippen molar-refractivity contribution in [3.63, 3.8) is 0 Å². The zero-order chi connectivity index (χ0) is 19.4. The first kappa shape index (κ1) is 19.7. The third kappa shape index (κ3) is 3.96. The van der Waals surface area contributed by atoms with Crippen LogP contribution in [0.3, 0.4) is 0 Å². The summed E-state index contributed by atoms with van der Waals surface area (Å²) in [7, 11) is 2.42. The Kier molecular flexibility index (Phi) is 6.19. The highest BCUT2D eigenvalue weighted by atomic mass is 32.1. The lowest BCUT2D eigenvalue weighted by Crippen LogP contribution is -2.44. The molecular formula is C16H20N2O7S. The molecule has 0 bridgehead atoms. The van der Waals surface area contributed by atoms with Crippen LogP contribution in [0.4, 0.5) is 9.80 Å². The van der Waals surface area contributed by atoms with Gasteiger partial charge in [-0.1, -0.05) is 0 Å². The average Bonchev–Trinajstić information content (AvgIpc) is 2.96. The largest absolute Gasteiger partial charge is 0.481 e. The summed E-state index contributed by atoms with van der Waals surface area (Å²) >= 11 is 0.912. The molecule has 9 nitrogen and oxygen atoms in total. The molecule has 2 heterocycles. The number of hydrogen-bond acceptors (Lipinski definition) is 7. The molecule has 26 heavy (non-hydrogen) atoms. The Morgan fingerprint density at radius 1 is 1.19 bits per heavy atom. The van der Waals surface area contributed by atoms with Gasteiger partial charge in [0.05, 0.1) is 25.7 Å². The van der Waals surface area contributed by atoms with E-state index in [0.29, 0.717) is 24.9 Å². The highest BCUT2D eigenvalue weighted by molar-refractivity contribution is 7.18. The third-order valence-electron chi connectivity index (χ3n) is 4.19. The number of carbonyl (C=O) groups is 4. The van der Waals surface area contributed by atoms with E-state index < -0.39 is 29.9 Å². The zero-order valence-electron chi connectivity index (χ0n) is 14.7. The molecule has 0 aliphatic carbocycles. The van der Waals surface area contributed by atoms with Crippen LogP contribution >= 0.6 is 11.3 Å². The maximum absolute atomic E-state index is 12.5. The first-order valence-electron chi connectivity index (χ1n) is 7.88. The number of amides is 2. The number of esters is 2. The molecule has 1 unspecified atom stereocenters. The van der Waals surface area contributed by atoms with E-state index >= 15 is 0 Å². The van der Waals surface area contributed by atoms with Crippen LogP contribution in [0, 0.1) is 12.8 Å². The number of aliphatic carboxylic acids is 1. The number of carboxylic acids is 1.